The molecule has 0 saturated heterocycles. The van der Waals surface area contributed by atoms with Gasteiger partial charge in [0.2, 0.25) is 0 Å². The number of nitrogens with two attached hydrogens (primary N) is 1. The summed E-state index contributed by atoms with van der Waals surface area (Å²) in [6, 6.07) is 19.0. The molecule has 1 atom stereocenters. The summed E-state index contributed by atoms with van der Waals surface area (Å²) in [5, 5.41) is 2.37. The highest BCUT2D eigenvalue weighted by Crippen LogP contribution is 2.28. The summed E-state index contributed by atoms with van der Waals surface area (Å²) in [6.07, 6.45) is 0.632. The van der Waals surface area contributed by atoms with Crippen LogP contribution in [0.1, 0.15) is 22.7 Å². The Morgan fingerprint density at radius 1 is 1.00 bits per heavy atom. The molecule has 0 aliphatic carbocycles. The van der Waals surface area contributed by atoms with Crippen LogP contribution in [0.3, 0.4) is 0 Å². The van der Waals surface area contributed by atoms with Crippen molar-refractivity contribution in [3.05, 3.63) is 83.2 Å². The molecule has 0 aliphatic rings. The maximum Gasteiger partial charge on any atom is 0.123 e. The van der Waals surface area contributed by atoms with E-state index in [1.807, 2.05) is 18.2 Å². The lowest BCUT2D eigenvalue weighted by atomic mass is 9.91. The van der Waals surface area contributed by atoms with E-state index in [2.05, 4.69) is 31.2 Å². The van der Waals surface area contributed by atoms with Gasteiger partial charge in [-0.05, 0) is 52.9 Å². The number of benzene rings is 3. The zero-order valence-electron chi connectivity index (χ0n) is 12.0. The van der Waals surface area contributed by atoms with Crippen LogP contribution in [-0.2, 0) is 6.42 Å². The Balaban J connectivity index is 2.01. The van der Waals surface area contributed by atoms with Crippen molar-refractivity contribution < 1.29 is 4.39 Å². The van der Waals surface area contributed by atoms with Crippen LogP contribution in [0, 0.1) is 12.7 Å². The summed E-state index contributed by atoms with van der Waals surface area (Å²) in [6.45, 7) is 2.08. The van der Waals surface area contributed by atoms with Crippen molar-refractivity contribution in [2.75, 3.05) is 0 Å². The number of hydrogen-bond acceptors (Lipinski definition) is 1. The van der Waals surface area contributed by atoms with E-state index in [1.165, 1.54) is 22.4 Å². The Hall–Kier alpha value is -2.19. The van der Waals surface area contributed by atoms with Crippen molar-refractivity contribution >= 4 is 10.8 Å². The second-order valence-corrected chi connectivity index (χ2v) is 5.46. The third-order valence-corrected chi connectivity index (χ3v) is 3.90. The van der Waals surface area contributed by atoms with Gasteiger partial charge >= 0.3 is 0 Å². The molecule has 3 aromatic carbocycles. The van der Waals surface area contributed by atoms with Gasteiger partial charge in [0.15, 0.2) is 0 Å². The van der Waals surface area contributed by atoms with Gasteiger partial charge in [0.1, 0.15) is 5.82 Å². The van der Waals surface area contributed by atoms with E-state index >= 15 is 0 Å². The van der Waals surface area contributed by atoms with E-state index in [9.17, 15) is 4.39 Å². The van der Waals surface area contributed by atoms with Gasteiger partial charge < -0.3 is 5.73 Å². The van der Waals surface area contributed by atoms with E-state index in [-0.39, 0.29) is 11.9 Å². The molecule has 1 unspecified atom stereocenters. The minimum absolute atomic E-state index is 0.141. The smallest absolute Gasteiger partial charge is 0.123 e. The van der Waals surface area contributed by atoms with Crippen LogP contribution >= 0.6 is 0 Å². The topological polar surface area (TPSA) is 26.0 Å². The average Bonchev–Trinajstić information content (AvgIpc) is 2.47. The minimum Gasteiger partial charge on any atom is -0.324 e. The fraction of sp³-hybridized carbons (Fsp3) is 0.158. The summed E-state index contributed by atoms with van der Waals surface area (Å²) in [5.74, 6) is -0.214. The minimum atomic E-state index is -0.214. The summed E-state index contributed by atoms with van der Waals surface area (Å²) in [5.41, 5.74) is 9.68. The first-order valence-electron chi connectivity index (χ1n) is 7.13. The SMILES string of the molecule is Cc1ccc2ccccc2c1C(N)Cc1cccc(F)c1. The van der Waals surface area contributed by atoms with Crippen molar-refractivity contribution in [2.45, 2.75) is 19.4 Å². The maximum absolute atomic E-state index is 13.3. The van der Waals surface area contributed by atoms with Gasteiger partial charge in [0.25, 0.3) is 0 Å². The molecule has 3 aromatic rings. The Kier molecular flexibility index (Phi) is 3.72. The fourth-order valence-corrected chi connectivity index (χ4v) is 2.92. The van der Waals surface area contributed by atoms with Crippen molar-refractivity contribution in [2.24, 2.45) is 5.73 Å². The molecule has 0 fully saturated rings. The number of halogens is 1. The highest BCUT2D eigenvalue weighted by atomic mass is 19.1. The lowest BCUT2D eigenvalue weighted by Gasteiger charge is -2.18. The van der Waals surface area contributed by atoms with Gasteiger partial charge in [-0.3, -0.25) is 0 Å². The summed E-state index contributed by atoms with van der Waals surface area (Å²) < 4.78 is 13.3. The first-order chi connectivity index (χ1) is 10.1. The first kappa shape index (κ1) is 13.8. The highest BCUT2D eigenvalue weighted by molar-refractivity contribution is 5.87. The summed E-state index contributed by atoms with van der Waals surface area (Å²) >= 11 is 0. The van der Waals surface area contributed by atoms with Crippen LogP contribution in [-0.4, -0.2) is 0 Å². The second kappa shape index (κ2) is 5.66. The molecule has 21 heavy (non-hydrogen) atoms. The summed E-state index contributed by atoms with van der Waals surface area (Å²) in [4.78, 5) is 0. The molecule has 0 spiro atoms. The first-order valence-corrected chi connectivity index (χ1v) is 7.13. The molecule has 106 valence electrons. The highest BCUT2D eigenvalue weighted by Gasteiger charge is 2.13. The third kappa shape index (κ3) is 2.81. The van der Waals surface area contributed by atoms with Crippen LogP contribution < -0.4 is 5.73 Å². The molecule has 0 saturated carbocycles. The van der Waals surface area contributed by atoms with Crippen molar-refractivity contribution in [1.82, 2.24) is 0 Å². The fourth-order valence-electron chi connectivity index (χ4n) is 2.92. The Labute approximate surface area is 124 Å². The van der Waals surface area contributed by atoms with Gasteiger partial charge in [-0.15, -0.1) is 0 Å². The monoisotopic (exact) mass is 279 g/mol. The van der Waals surface area contributed by atoms with Crippen LogP contribution in [0.2, 0.25) is 0 Å². The van der Waals surface area contributed by atoms with E-state index in [0.717, 1.165) is 11.1 Å². The number of rotatable bonds is 3. The number of fused-ring (bicyclic) bond motifs is 1. The molecule has 0 aliphatic heterocycles. The predicted octanol–water partition coefficient (Wildman–Crippen LogP) is 4.53. The van der Waals surface area contributed by atoms with Gasteiger partial charge in [-0.1, -0.05) is 48.5 Å². The zero-order valence-corrected chi connectivity index (χ0v) is 12.0. The van der Waals surface area contributed by atoms with Crippen LogP contribution in [0.25, 0.3) is 10.8 Å². The van der Waals surface area contributed by atoms with Crippen molar-refractivity contribution in [3.63, 3.8) is 0 Å². The Morgan fingerprint density at radius 2 is 1.81 bits per heavy atom. The molecule has 3 rings (SSSR count). The molecular weight excluding hydrogens is 261 g/mol. The third-order valence-electron chi connectivity index (χ3n) is 3.90. The second-order valence-electron chi connectivity index (χ2n) is 5.46. The largest absolute Gasteiger partial charge is 0.324 e. The molecule has 0 amide bonds. The average molecular weight is 279 g/mol. The Bertz CT molecular complexity index is 779. The molecule has 0 radical (unpaired) electrons. The normalized spacial score (nSPS) is 12.5. The van der Waals surface area contributed by atoms with Crippen molar-refractivity contribution in [1.29, 1.82) is 0 Å². The Morgan fingerprint density at radius 3 is 2.62 bits per heavy atom. The van der Waals surface area contributed by atoms with Crippen LogP contribution in [0.5, 0.6) is 0 Å². The van der Waals surface area contributed by atoms with Gasteiger partial charge in [0, 0.05) is 6.04 Å². The zero-order chi connectivity index (χ0) is 14.8. The molecule has 0 bridgehead atoms. The molecule has 0 aromatic heterocycles. The lowest BCUT2D eigenvalue weighted by Crippen LogP contribution is -2.15. The molecular formula is C19H18FN. The van der Waals surface area contributed by atoms with Gasteiger partial charge in [0.05, 0.1) is 0 Å². The molecule has 0 heterocycles. The number of hydrogen-bond donors (Lipinski definition) is 1. The molecule has 2 heteroatoms. The predicted molar refractivity (Wildman–Crippen MR) is 85.7 cm³/mol. The maximum atomic E-state index is 13.3. The van der Waals surface area contributed by atoms with Crippen molar-refractivity contribution in [3.8, 4) is 0 Å². The van der Waals surface area contributed by atoms with Gasteiger partial charge in [-0.25, -0.2) is 4.39 Å². The van der Waals surface area contributed by atoms with Crippen LogP contribution in [0.4, 0.5) is 4.39 Å². The van der Waals surface area contributed by atoms with E-state index in [1.54, 1.807) is 12.1 Å². The summed E-state index contributed by atoms with van der Waals surface area (Å²) in [7, 11) is 0. The quantitative estimate of drug-likeness (QED) is 0.749. The molecule has 1 nitrogen and oxygen atoms in total. The van der Waals surface area contributed by atoms with E-state index in [4.69, 9.17) is 5.73 Å². The van der Waals surface area contributed by atoms with E-state index in [0.29, 0.717) is 6.42 Å². The lowest BCUT2D eigenvalue weighted by molar-refractivity contribution is 0.622. The van der Waals surface area contributed by atoms with Gasteiger partial charge in [-0.2, -0.15) is 0 Å². The number of aryl methyl sites for hydroxylation is 1. The molecule has 2 N–H and O–H groups in total. The van der Waals surface area contributed by atoms with E-state index < -0.39 is 0 Å². The standard InChI is InChI=1S/C19H18FN/c1-13-9-10-15-6-2-3-8-17(15)19(13)18(21)12-14-5-4-7-16(20)11-14/h2-11,18H,12,21H2,1H3. The van der Waals surface area contributed by atoms with Crippen LogP contribution in [0.15, 0.2) is 60.7 Å².